The molecule has 2 N–H and O–H groups in total. The van der Waals surface area contributed by atoms with Gasteiger partial charge in [0.2, 0.25) is 5.91 Å². The van der Waals surface area contributed by atoms with Crippen LogP contribution in [-0.4, -0.2) is 23.0 Å². The molecular formula is C18H16N2O3. The molecule has 23 heavy (non-hydrogen) atoms. The molecule has 1 aliphatic rings. The summed E-state index contributed by atoms with van der Waals surface area (Å²) >= 11 is 0. The van der Waals surface area contributed by atoms with Gasteiger partial charge >= 0.3 is 5.97 Å². The Morgan fingerprint density at radius 2 is 2.00 bits per heavy atom. The lowest BCUT2D eigenvalue weighted by Crippen LogP contribution is -2.43. The van der Waals surface area contributed by atoms with Gasteiger partial charge in [0.25, 0.3) is 0 Å². The molecule has 0 saturated heterocycles. The number of aliphatic carboxylic acids is 1. The molecule has 1 fully saturated rings. The zero-order chi connectivity index (χ0) is 16.4. The third-order valence-electron chi connectivity index (χ3n) is 4.16. The number of hydrogen-bond donors (Lipinski definition) is 2. The number of carbonyl (C=O) groups is 2. The van der Waals surface area contributed by atoms with Crippen molar-refractivity contribution in [2.24, 2.45) is 11.8 Å². The molecule has 0 aliphatic heterocycles. The van der Waals surface area contributed by atoms with Crippen molar-refractivity contribution in [2.45, 2.75) is 18.9 Å². The van der Waals surface area contributed by atoms with E-state index in [1.165, 1.54) is 0 Å². The van der Waals surface area contributed by atoms with Crippen LogP contribution in [0.15, 0.2) is 42.5 Å². The van der Waals surface area contributed by atoms with Crippen LogP contribution in [0.1, 0.15) is 12.0 Å². The molecule has 0 spiro atoms. The van der Waals surface area contributed by atoms with Crippen LogP contribution >= 0.6 is 0 Å². The molecule has 0 heterocycles. The molecule has 5 heteroatoms. The Morgan fingerprint density at radius 3 is 2.65 bits per heavy atom. The number of hydrogen-bond acceptors (Lipinski definition) is 3. The SMILES string of the molecule is N#C[C@H]1C[C@H]1C(=O)N[C@@H](Cc1ccc2ccccc2c1)C(=O)O. The van der Waals surface area contributed by atoms with Gasteiger partial charge in [0.15, 0.2) is 0 Å². The van der Waals surface area contributed by atoms with Crippen LogP contribution < -0.4 is 5.32 Å². The normalized spacial score (nSPS) is 20.5. The van der Waals surface area contributed by atoms with Crippen LogP contribution in [0.5, 0.6) is 0 Å². The fraction of sp³-hybridized carbons (Fsp3) is 0.278. The third kappa shape index (κ3) is 3.32. The summed E-state index contributed by atoms with van der Waals surface area (Å²) < 4.78 is 0. The summed E-state index contributed by atoms with van der Waals surface area (Å²) in [6.07, 6.45) is 0.737. The molecule has 0 radical (unpaired) electrons. The Kier molecular flexibility index (Phi) is 3.98. The summed E-state index contributed by atoms with van der Waals surface area (Å²) in [5, 5.41) is 22.8. The van der Waals surface area contributed by atoms with Gasteiger partial charge in [-0.05, 0) is 22.8 Å². The topological polar surface area (TPSA) is 90.2 Å². The Labute approximate surface area is 133 Å². The minimum Gasteiger partial charge on any atom is -0.480 e. The second-order valence-corrected chi connectivity index (χ2v) is 5.86. The third-order valence-corrected chi connectivity index (χ3v) is 4.16. The van der Waals surface area contributed by atoms with Crippen molar-refractivity contribution in [3.63, 3.8) is 0 Å². The van der Waals surface area contributed by atoms with Crippen molar-refractivity contribution >= 4 is 22.6 Å². The smallest absolute Gasteiger partial charge is 0.326 e. The first-order valence-corrected chi connectivity index (χ1v) is 7.49. The Bertz CT molecular complexity index is 809. The first kappa shape index (κ1) is 15.0. The molecule has 2 aromatic rings. The summed E-state index contributed by atoms with van der Waals surface area (Å²) in [5.41, 5.74) is 0.851. The van der Waals surface area contributed by atoms with Crippen LogP contribution in [0.2, 0.25) is 0 Å². The number of benzene rings is 2. The van der Waals surface area contributed by atoms with E-state index < -0.39 is 12.0 Å². The van der Waals surface area contributed by atoms with E-state index in [1.807, 2.05) is 48.5 Å². The molecule has 0 unspecified atom stereocenters. The fourth-order valence-corrected chi connectivity index (χ4v) is 2.71. The molecule has 1 amide bonds. The molecule has 116 valence electrons. The highest BCUT2D eigenvalue weighted by molar-refractivity contribution is 5.87. The molecule has 1 saturated carbocycles. The van der Waals surface area contributed by atoms with Gasteiger partial charge in [-0.3, -0.25) is 4.79 Å². The average Bonchev–Trinajstić information content (AvgIpc) is 3.34. The second-order valence-electron chi connectivity index (χ2n) is 5.86. The van der Waals surface area contributed by atoms with E-state index in [0.717, 1.165) is 16.3 Å². The Hall–Kier alpha value is -2.87. The molecule has 3 atom stereocenters. The largest absolute Gasteiger partial charge is 0.480 e. The molecule has 2 aromatic carbocycles. The van der Waals surface area contributed by atoms with E-state index in [2.05, 4.69) is 5.32 Å². The van der Waals surface area contributed by atoms with Crippen molar-refractivity contribution in [1.29, 1.82) is 5.26 Å². The van der Waals surface area contributed by atoms with E-state index in [4.69, 9.17) is 5.26 Å². The maximum absolute atomic E-state index is 12.0. The number of fused-ring (bicyclic) bond motifs is 1. The number of carbonyl (C=O) groups excluding carboxylic acids is 1. The van der Waals surface area contributed by atoms with Crippen molar-refractivity contribution in [1.82, 2.24) is 5.32 Å². The second kappa shape index (κ2) is 6.09. The zero-order valence-corrected chi connectivity index (χ0v) is 12.4. The van der Waals surface area contributed by atoms with Crippen LogP contribution in [0.3, 0.4) is 0 Å². The molecule has 5 nitrogen and oxygen atoms in total. The Morgan fingerprint density at radius 1 is 1.26 bits per heavy atom. The molecule has 0 aromatic heterocycles. The lowest BCUT2D eigenvalue weighted by Gasteiger charge is -2.15. The monoisotopic (exact) mass is 308 g/mol. The highest BCUT2D eigenvalue weighted by Crippen LogP contribution is 2.37. The maximum atomic E-state index is 12.0. The van der Waals surface area contributed by atoms with Gasteiger partial charge < -0.3 is 10.4 Å². The highest BCUT2D eigenvalue weighted by atomic mass is 16.4. The number of amides is 1. The minimum absolute atomic E-state index is 0.218. The van der Waals surface area contributed by atoms with Gasteiger partial charge in [-0.2, -0.15) is 5.26 Å². The Balaban J connectivity index is 1.72. The summed E-state index contributed by atoms with van der Waals surface area (Å²) in [6, 6.07) is 14.6. The summed E-state index contributed by atoms with van der Waals surface area (Å²) in [4.78, 5) is 23.4. The van der Waals surface area contributed by atoms with Gasteiger partial charge in [-0.25, -0.2) is 4.79 Å². The van der Waals surface area contributed by atoms with E-state index in [-0.39, 0.29) is 24.2 Å². The van der Waals surface area contributed by atoms with Crippen LogP contribution in [0, 0.1) is 23.2 Å². The quantitative estimate of drug-likeness (QED) is 0.885. The van der Waals surface area contributed by atoms with E-state index >= 15 is 0 Å². The fourth-order valence-electron chi connectivity index (χ4n) is 2.71. The van der Waals surface area contributed by atoms with Gasteiger partial charge in [-0.1, -0.05) is 42.5 Å². The van der Waals surface area contributed by atoms with Crippen molar-refractivity contribution in [3.8, 4) is 6.07 Å². The summed E-state index contributed by atoms with van der Waals surface area (Å²) in [7, 11) is 0. The number of nitriles is 1. The average molecular weight is 308 g/mol. The standard InChI is InChI=1S/C18H16N2O3/c19-10-14-9-15(14)17(21)20-16(18(22)23)8-11-5-6-12-3-1-2-4-13(12)7-11/h1-7,14-16H,8-9H2,(H,20,21)(H,22,23)/t14-,15-,16+/m1/s1. The minimum atomic E-state index is -1.07. The van der Waals surface area contributed by atoms with Gasteiger partial charge in [0.05, 0.1) is 17.9 Å². The molecule has 3 rings (SSSR count). The lowest BCUT2D eigenvalue weighted by atomic mass is 10.0. The summed E-state index contributed by atoms with van der Waals surface area (Å²) in [5.74, 6) is -2.05. The molecule has 1 aliphatic carbocycles. The van der Waals surface area contributed by atoms with Crippen molar-refractivity contribution in [2.75, 3.05) is 0 Å². The first-order valence-electron chi connectivity index (χ1n) is 7.49. The molecular weight excluding hydrogens is 292 g/mol. The predicted octanol–water partition coefficient (Wildman–Crippen LogP) is 2.11. The van der Waals surface area contributed by atoms with Crippen molar-refractivity contribution < 1.29 is 14.7 Å². The number of carboxylic acids is 1. The number of nitrogens with one attached hydrogen (secondary N) is 1. The summed E-state index contributed by atoms with van der Waals surface area (Å²) in [6.45, 7) is 0. The number of carboxylic acid groups (broad SMARTS) is 1. The van der Waals surface area contributed by atoms with Crippen molar-refractivity contribution in [3.05, 3.63) is 48.0 Å². The van der Waals surface area contributed by atoms with Gasteiger partial charge in [0, 0.05) is 6.42 Å². The lowest BCUT2D eigenvalue weighted by molar-refractivity contribution is -0.142. The van der Waals surface area contributed by atoms with Gasteiger partial charge in [0.1, 0.15) is 6.04 Å². The van der Waals surface area contributed by atoms with E-state index in [1.54, 1.807) is 0 Å². The zero-order valence-electron chi connectivity index (χ0n) is 12.4. The number of rotatable bonds is 5. The predicted molar refractivity (Wildman–Crippen MR) is 84.4 cm³/mol. The van der Waals surface area contributed by atoms with Crippen LogP contribution in [0.25, 0.3) is 10.8 Å². The highest BCUT2D eigenvalue weighted by Gasteiger charge is 2.44. The maximum Gasteiger partial charge on any atom is 0.326 e. The van der Waals surface area contributed by atoms with E-state index in [0.29, 0.717) is 6.42 Å². The first-order chi connectivity index (χ1) is 11.1. The van der Waals surface area contributed by atoms with Crippen LogP contribution in [0.4, 0.5) is 0 Å². The van der Waals surface area contributed by atoms with Crippen LogP contribution in [-0.2, 0) is 16.0 Å². The number of nitrogens with zero attached hydrogens (tertiary/aromatic N) is 1. The molecule has 0 bridgehead atoms. The van der Waals surface area contributed by atoms with E-state index in [9.17, 15) is 14.7 Å². The van der Waals surface area contributed by atoms with Gasteiger partial charge in [-0.15, -0.1) is 0 Å².